The third kappa shape index (κ3) is 4.59. The average molecular weight is 433 g/mol. The van der Waals surface area contributed by atoms with Crippen LogP contribution in [-0.4, -0.2) is 21.7 Å². The lowest BCUT2D eigenvalue weighted by atomic mass is 10.1. The number of halogens is 3. The molecular weight excluding hydrogens is 411 g/mol. The molecule has 0 radical (unpaired) electrons. The van der Waals surface area contributed by atoms with Gasteiger partial charge in [0.2, 0.25) is 0 Å². The van der Waals surface area contributed by atoms with Crippen LogP contribution in [0.4, 0.5) is 13.2 Å². The maximum absolute atomic E-state index is 13.2. The molecule has 158 valence electrons. The number of benzene rings is 1. The van der Waals surface area contributed by atoms with E-state index >= 15 is 0 Å². The Kier molecular flexibility index (Phi) is 5.94. The van der Waals surface area contributed by atoms with Crippen molar-refractivity contribution in [2.75, 3.05) is 0 Å². The van der Waals surface area contributed by atoms with Crippen LogP contribution in [0.3, 0.4) is 0 Å². The van der Waals surface area contributed by atoms with Gasteiger partial charge in [0, 0.05) is 11.6 Å². The Morgan fingerprint density at radius 2 is 1.77 bits per heavy atom. The first-order valence-electron chi connectivity index (χ1n) is 10.0. The molecule has 2 heterocycles. The third-order valence-electron chi connectivity index (χ3n) is 5.34. The Labute approximate surface area is 176 Å². The number of thiophene rings is 1. The van der Waals surface area contributed by atoms with Crippen LogP contribution in [0.5, 0.6) is 0 Å². The molecule has 8 heteroatoms. The summed E-state index contributed by atoms with van der Waals surface area (Å²) >= 11 is 1.35. The Bertz CT molecular complexity index is 986. The highest BCUT2D eigenvalue weighted by Crippen LogP contribution is 2.34. The highest BCUT2D eigenvalue weighted by Gasteiger charge is 2.35. The zero-order chi connectivity index (χ0) is 21.1. The van der Waals surface area contributed by atoms with E-state index in [0.717, 1.165) is 31.7 Å². The largest absolute Gasteiger partial charge is 0.435 e. The molecule has 0 saturated heterocycles. The number of aromatic nitrogens is 2. The second kappa shape index (κ2) is 8.63. The lowest BCUT2D eigenvalue weighted by Gasteiger charge is -2.16. The first kappa shape index (κ1) is 20.7. The van der Waals surface area contributed by atoms with Crippen molar-refractivity contribution in [3.05, 3.63) is 59.1 Å². The zero-order valence-electron chi connectivity index (χ0n) is 16.3. The molecule has 0 unspecified atom stereocenters. The summed E-state index contributed by atoms with van der Waals surface area (Å²) in [6, 6.07) is 11.3. The van der Waals surface area contributed by atoms with Gasteiger partial charge in [-0.2, -0.15) is 18.3 Å². The number of rotatable bonds is 4. The van der Waals surface area contributed by atoms with Gasteiger partial charge in [-0.3, -0.25) is 4.79 Å². The van der Waals surface area contributed by atoms with E-state index in [9.17, 15) is 18.0 Å². The molecule has 1 aliphatic rings. The minimum absolute atomic E-state index is 0.150. The molecule has 4 nitrogen and oxygen atoms in total. The first-order chi connectivity index (χ1) is 14.4. The van der Waals surface area contributed by atoms with E-state index < -0.39 is 11.9 Å². The normalized spacial score (nSPS) is 15.7. The standard InChI is InChI=1S/C22H22F3N3OS/c23-22(24,25)20-14-18(19-8-5-13-30-19)28(27-20)17-11-9-15(10-12-17)21(29)26-16-6-3-1-2-4-7-16/h5,8-14,16H,1-4,6-7H2,(H,26,29). The van der Waals surface area contributed by atoms with E-state index in [0.29, 0.717) is 21.8 Å². The molecule has 3 aromatic rings. The predicted octanol–water partition coefficient (Wildman–Crippen LogP) is 6.07. The lowest BCUT2D eigenvalue weighted by molar-refractivity contribution is -0.141. The van der Waals surface area contributed by atoms with Crippen molar-refractivity contribution in [3.8, 4) is 16.3 Å². The van der Waals surface area contributed by atoms with Gasteiger partial charge in [-0.05, 0) is 54.6 Å². The molecule has 1 aromatic carbocycles. The predicted molar refractivity (Wildman–Crippen MR) is 111 cm³/mol. The van der Waals surface area contributed by atoms with E-state index in [1.165, 1.54) is 28.9 Å². The minimum Gasteiger partial charge on any atom is -0.349 e. The topological polar surface area (TPSA) is 46.9 Å². The molecule has 30 heavy (non-hydrogen) atoms. The lowest BCUT2D eigenvalue weighted by Crippen LogP contribution is -2.34. The van der Waals surface area contributed by atoms with Crippen molar-refractivity contribution in [1.29, 1.82) is 0 Å². The van der Waals surface area contributed by atoms with Crippen LogP contribution in [0.2, 0.25) is 0 Å². The van der Waals surface area contributed by atoms with Crippen molar-refractivity contribution in [2.45, 2.75) is 50.7 Å². The SMILES string of the molecule is O=C(NC1CCCCCC1)c1ccc(-n2nc(C(F)(F)F)cc2-c2cccs2)cc1. The summed E-state index contributed by atoms with van der Waals surface area (Å²) in [5.74, 6) is -0.150. The second-order valence-electron chi connectivity index (χ2n) is 7.51. The molecule has 0 aliphatic heterocycles. The highest BCUT2D eigenvalue weighted by atomic mass is 32.1. The highest BCUT2D eigenvalue weighted by molar-refractivity contribution is 7.13. The Balaban J connectivity index is 1.58. The minimum atomic E-state index is -4.53. The summed E-state index contributed by atoms with van der Waals surface area (Å²) in [5, 5.41) is 8.67. The number of amides is 1. The molecule has 0 spiro atoms. The number of hydrogen-bond acceptors (Lipinski definition) is 3. The Hall–Kier alpha value is -2.61. The van der Waals surface area contributed by atoms with Crippen LogP contribution in [0.15, 0.2) is 47.8 Å². The summed E-state index contributed by atoms with van der Waals surface area (Å²) in [7, 11) is 0. The van der Waals surface area contributed by atoms with Gasteiger partial charge in [0.25, 0.3) is 5.91 Å². The molecule has 0 bridgehead atoms. The number of hydrogen-bond donors (Lipinski definition) is 1. The molecule has 1 amide bonds. The zero-order valence-corrected chi connectivity index (χ0v) is 17.1. The van der Waals surface area contributed by atoms with Crippen molar-refractivity contribution in [3.63, 3.8) is 0 Å². The van der Waals surface area contributed by atoms with Gasteiger partial charge in [0.15, 0.2) is 5.69 Å². The quantitative estimate of drug-likeness (QED) is 0.508. The van der Waals surface area contributed by atoms with Crippen LogP contribution >= 0.6 is 11.3 Å². The van der Waals surface area contributed by atoms with E-state index in [2.05, 4.69) is 10.4 Å². The van der Waals surface area contributed by atoms with Gasteiger partial charge < -0.3 is 5.32 Å². The van der Waals surface area contributed by atoms with Crippen LogP contribution in [0.1, 0.15) is 54.6 Å². The van der Waals surface area contributed by atoms with Gasteiger partial charge in [0.1, 0.15) is 0 Å². The number of carbonyl (C=O) groups is 1. The first-order valence-corrected chi connectivity index (χ1v) is 10.9. The molecule has 1 saturated carbocycles. The molecular formula is C22H22F3N3OS. The fourth-order valence-electron chi connectivity index (χ4n) is 3.76. The molecule has 1 N–H and O–H groups in total. The van der Waals surface area contributed by atoms with E-state index in [-0.39, 0.29) is 11.9 Å². The monoisotopic (exact) mass is 433 g/mol. The van der Waals surface area contributed by atoms with Crippen molar-refractivity contribution >= 4 is 17.2 Å². The van der Waals surface area contributed by atoms with Crippen LogP contribution in [0.25, 0.3) is 16.3 Å². The van der Waals surface area contributed by atoms with Crippen molar-refractivity contribution < 1.29 is 18.0 Å². The average Bonchev–Trinajstić information content (AvgIpc) is 3.34. The Morgan fingerprint density at radius 3 is 2.37 bits per heavy atom. The molecule has 1 fully saturated rings. The number of carbonyl (C=O) groups excluding carboxylic acids is 1. The third-order valence-corrected chi connectivity index (χ3v) is 6.23. The second-order valence-corrected chi connectivity index (χ2v) is 8.46. The van der Waals surface area contributed by atoms with E-state index in [1.54, 1.807) is 41.8 Å². The van der Waals surface area contributed by atoms with Crippen molar-refractivity contribution in [1.82, 2.24) is 15.1 Å². The van der Waals surface area contributed by atoms with Crippen molar-refractivity contribution in [2.24, 2.45) is 0 Å². The molecule has 4 rings (SSSR count). The summed E-state index contributed by atoms with van der Waals surface area (Å²) in [6.07, 6.45) is 2.10. The number of nitrogens with one attached hydrogen (secondary N) is 1. The number of alkyl halides is 3. The fourth-order valence-corrected chi connectivity index (χ4v) is 4.49. The maximum Gasteiger partial charge on any atom is 0.435 e. The smallest absolute Gasteiger partial charge is 0.349 e. The van der Waals surface area contributed by atoms with Gasteiger partial charge in [0.05, 0.1) is 16.3 Å². The summed E-state index contributed by atoms with van der Waals surface area (Å²) in [4.78, 5) is 13.3. The van der Waals surface area contributed by atoms with Gasteiger partial charge in [-0.1, -0.05) is 31.7 Å². The summed E-state index contributed by atoms with van der Waals surface area (Å²) < 4.78 is 41.0. The number of nitrogens with zero attached hydrogens (tertiary/aromatic N) is 2. The molecule has 1 aliphatic carbocycles. The van der Waals surface area contributed by atoms with Crippen LogP contribution in [0, 0.1) is 0 Å². The van der Waals surface area contributed by atoms with Gasteiger partial charge in [-0.25, -0.2) is 4.68 Å². The Morgan fingerprint density at radius 1 is 1.07 bits per heavy atom. The van der Waals surface area contributed by atoms with Crippen LogP contribution < -0.4 is 5.32 Å². The fraction of sp³-hybridized carbons (Fsp3) is 0.364. The summed E-state index contributed by atoms with van der Waals surface area (Å²) in [5.41, 5.74) is 0.387. The summed E-state index contributed by atoms with van der Waals surface area (Å²) in [6.45, 7) is 0. The van der Waals surface area contributed by atoms with E-state index in [4.69, 9.17) is 0 Å². The maximum atomic E-state index is 13.2. The molecule has 2 aromatic heterocycles. The van der Waals surface area contributed by atoms with Crippen LogP contribution in [-0.2, 0) is 6.18 Å². The van der Waals surface area contributed by atoms with E-state index in [1.807, 2.05) is 0 Å². The van der Waals surface area contributed by atoms with Gasteiger partial charge in [-0.15, -0.1) is 11.3 Å². The molecule has 0 atom stereocenters. The van der Waals surface area contributed by atoms with Gasteiger partial charge >= 0.3 is 6.18 Å².